The Kier molecular flexibility index (Phi) is 5.85. The summed E-state index contributed by atoms with van der Waals surface area (Å²) in [5.41, 5.74) is 0.756. The first-order valence-electron chi connectivity index (χ1n) is 9.06. The van der Waals surface area contributed by atoms with Crippen LogP contribution < -0.4 is 5.32 Å². The van der Waals surface area contributed by atoms with Crippen LogP contribution in [-0.4, -0.2) is 48.4 Å². The molecule has 2 aromatic rings. The van der Waals surface area contributed by atoms with Crippen molar-refractivity contribution in [3.63, 3.8) is 0 Å². The molecule has 1 atom stereocenters. The summed E-state index contributed by atoms with van der Waals surface area (Å²) in [5, 5.41) is 2.76. The zero-order chi connectivity index (χ0) is 20.3. The highest BCUT2D eigenvalue weighted by molar-refractivity contribution is 7.89. The first-order chi connectivity index (χ1) is 13.3. The first-order valence-corrected chi connectivity index (χ1v) is 10.5. The van der Waals surface area contributed by atoms with Gasteiger partial charge >= 0.3 is 5.97 Å². The molecule has 1 aliphatic heterocycles. The lowest BCUT2D eigenvalue weighted by Crippen LogP contribution is -2.43. The van der Waals surface area contributed by atoms with E-state index in [4.69, 9.17) is 4.74 Å². The van der Waals surface area contributed by atoms with E-state index in [1.165, 1.54) is 21.1 Å². The van der Waals surface area contributed by atoms with Crippen LogP contribution in [0.1, 0.15) is 30.3 Å². The monoisotopic (exact) mass is 405 g/mol. The highest BCUT2D eigenvalue weighted by atomic mass is 32.2. The van der Waals surface area contributed by atoms with Gasteiger partial charge < -0.3 is 14.6 Å². The van der Waals surface area contributed by atoms with Gasteiger partial charge in [0.25, 0.3) is 0 Å². The minimum absolute atomic E-state index is 0.0301. The van der Waals surface area contributed by atoms with Crippen molar-refractivity contribution in [2.75, 3.05) is 18.5 Å². The Balaban J connectivity index is 1.83. The molecule has 1 saturated heterocycles. The van der Waals surface area contributed by atoms with Crippen LogP contribution in [0.4, 0.5) is 5.69 Å². The van der Waals surface area contributed by atoms with Crippen molar-refractivity contribution in [1.82, 2.24) is 8.87 Å². The second-order valence-corrected chi connectivity index (χ2v) is 8.41. The van der Waals surface area contributed by atoms with Crippen molar-refractivity contribution in [1.29, 1.82) is 0 Å². The number of benzene rings is 1. The van der Waals surface area contributed by atoms with E-state index >= 15 is 0 Å². The van der Waals surface area contributed by atoms with Gasteiger partial charge in [0.2, 0.25) is 15.9 Å². The van der Waals surface area contributed by atoms with Gasteiger partial charge in [-0.2, -0.15) is 4.31 Å². The molecule has 0 aliphatic carbocycles. The topological polar surface area (TPSA) is 97.7 Å². The number of carbonyl (C=O) groups excluding carboxylic acids is 2. The lowest BCUT2D eigenvalue weighted by Gasteiger charge is -2.22. The number of ether oxygens (including phenoxy) is 1. The molecule has 0 saturated carbocycles. The second kappa shape index (κ2) is 8.15. The van der Waals surface area contributed by atoms with Gasteiger partial charge in [0.15, 0.2) is 0 Å². The molecule has 3 rings (SSSR count). The molecular formula is C19H23N3O5S. The summed E-state index contributed by atoms with van der Waals surface area (Å²) < 4.78 is 33.8. The number of rotatable bonds is 6. The Labute approximate surface area is 164 Å². The molecule has 150 valence electrons. The van der Waals surface area contributed by atoms with E-state index in [-0.39, 0.29) is 29.6 Å². The maximum absolute atomic E-state index is 13.1. The second-order valence-electron chi connectivity index (χ2n) is 6.52. The molecule has 0 bridgehead atoms. The Bertz CT molecular complexity index is 969. The molecule has 1 aliphatic rings. The lowest BCUT2D eigenvalue weighted by atomic mass is 10.2. The maximum Gasteiger partial charge on any atom is 0.354 e. The summed E-state index contributed by atoms with van der Waals surface area (Å²) in [4.78, 5) is 24.6. The molecule has 0 spiro atoms. The van der Waals surface area contributed by atoms with E-state index in [1.807, 2.05) is 6.07 Å². The number of nitrogens with zero attached hydrogens (tertiary/aromatic N) is 2. The molecule has 9 heteroatoms. The van der Waals surface area contributed by atoms with Crippen LogP contribution >= 0.6 is 0 Å². The van der Waals surface area contributed by atoms with Crippen LogP contribution in [0.15, 0.2) is 47.5 Å². The number of anilines is 1. The van der Waals surface area contributed by atoms with Crippen LogP contribution in [-0.2, 0) is 26.6 Å². The normalized spacial score (nSPS) is 17.4. The third kappa shape index (κ3) is 3.95. The standard InChI is InChI=1S/C19H23N3O5S/c1-3-27-19(24)17-12-15(13-21(17)2)28(25,26)22-11-7-10-16(22)18(23)20-14-8-5-4-6-9-14/h4-6,8-9,12-13,16H,3,7,10-11H2,1-2H3,(H,20,23)/t16-/m1/s1. The summed E-state index contributed by atoms with van der Waals surface area (Å²) in [6.07, 6.45) is 2.39. The van der Waals surface area contributed by atoms with Gasteiger partial charge in [0, 0.05) is 25.5 Å². The number of nitrogens with one attached hydrogen (secondary N) is 1. The average molecular weight is 405 g/mol. The summed E-state index contributed by atoms with van der Waals surface area (Å²) in [5.74, 6) is -0.958. The smallest absolute Gasteiger partial charge is 0.354 e. The van der Waals surface area contributed by atoms with Crippen LogP contribution in [0.5, 0.6) is 0 Å². The molecule has 1 N–H and O–H groups in total. The van der Waals surface area contributed by atoms with Crippen molar-refractivity contribution >= 4 is 27.6 Å². The van der Waals surface area contributed by atoms with Gasteiger partial charge in [0.1, 0.15) is 16.6 Å². The Morgan fingerprint density at radius 3 is 2.64 bits per heavy atom. The molecule has 0 unspecified atom stereocenters. The Morgan fingerprint density at radius 2 is 1.96 bits per heavy atom. The number of para-hydroxylation sites is 1. The Hall–Kier alpha value is -2.65. The molecule has 0 radical (unpaired) electrons. The number of hydrogen-bond acceptors (Lipinski definition) is 5. The first kappa shape index (κ1) is 20.1. The van der Waals surface area contributed by atoms with Gasteiger partial charge in [-0.15, -0.1) is 0 Å². The van der Waals surface area contributed by atoms with Crippen molar-refractivity contribution in [2.45, 2.75) is 30.7 Å². The predicted molar refractivity (Wildman–Crippen MR) is 103 cm³/mol. The van der Waals surface area contributed by atoms with Gasteiger partial charge in [0.05, 0.1) is 6.61 Å². The van der Waals surface area contributed by atoms with Gasteiger partial charge in [-0.25, -0.2) is 13.2 Å². The van der Waals surface area contributed by atoms with E-state index in [0.29, 0.717) is 18.5 Å². The molecule has 1 aromatic heterocycles. The minimum Gasteiger partial charge on any atom is -0.461 e. The van der Waals surface area contributed by atoms with E-state index in [9.17, 15) is 18.0 Å². The van der Waals surface area contributed by atoms with Crippen molar-refractivity contribution < 1.29 is 22.7 Å². The molecule has 1 aromatic carbocycles. The van der Waals surface area contributed by atoms with E-state index in [2.05, 4.69) is 5.32 Å². The Morgan fingerprint density at radius 1 is 1.25 bits per heavy atom. The highest BCUT2D eigenvalue weighted by Gasteiger charge is 2.40. The summed E-state index contributed by atoms with van der Waals surface area (Å²) >= 11 is 0. The highest BCUT2D eigenvalue weighted by Crippen LogP contribution is 2.28. The van der Waals surface area contributed by atoms with Crippen LogP contribution in [0.25, 0.3) is 0 Å². The third-order valence-corrected chi connectivity index (χ3v) is 6.49. The third-order valence-electron chi connectivity index (χ3n) is 4.62. The predicted octanol–water partition coefficient (Wildman–Crippen LogP) is 1.99. The quantitative estimate of drug-likeness (QED) is 0.742. The number of hydrogen-bond donors (Lipinski definition) is 1. The largest absolute Gasteiger partial charge is 0.461 e. The van der Waals surface area contributed by atoms with Gasteiger partial charge in [-0.1, -0.05) is 18.2 Å². The molecule has 28 heavy (non-hydrogen) atoms. The summed E-state index contributed by atoms with van der Waals surface area (Å²) in [6.45, 7) is 2.12. The van der Waals surface area contributed by atoms with Crippen molar-refractivity contribution in [3.8, 4) is 0 Å². The van der Waals surface area contributed by atoms with Crippen LogP contribution in [0, 0.1) is 0 Å². The zero-order valence-corrected chi connectivity index (χ0v) is 16.6. The maximum atomic E-state index is 13.1. The number of carbonyl (C=O) groups is 2. The van der Waals surface area contributed by atoms with Gasteiger partial charge in [-0.05, 0) is 38.0 Å². The summed E-state index contributed by atoms with van der Waals surface area (Å²) in [7, 11) is -2.35. The number of sulfonamides is 1. The SMILES string of the molecule is CCOC(=O)c1cc(S(=O)(=O)N2CCC[C@@H]2C(=O)Nc2ccccc2)cn1C. The number of amides is 1. The van der Waals surface area contributed by atoms with Crippen LogP contribution in [0.3, 0.4) is 0 Å². The minimum atomic E-state index is -3.93. The number of esters is 1. The molecular weight excluding hydrogens is 382 g/mol. The molecule has 1 fully saturated rings. The van der Waals surface area contributed by atoms with Crippen molar-refractivity contribution in [3.05, 3.63) is 48.3 Å². The average Bonchev–Trinajstić information content (AvgIpc) is 3.30. The van der Waals surface area contributed by atoms with Crippen molar-refractivity contribution in [2.24, 2.45) is 7.05 Å². The number of aromatic nitrogens is 1. The molecule has 8 nitrogen and oxygen atoms in total. The molecule has 1 amide bonds. The fraction of sp³-hybridized carbons (Fsp3) is 0.368. The van der Waals surface area contributed by atoms with E-state index in [0.717, 1.165) is 0 Å². The fourth-order valence-corrected chi connectivity index (χ4v) is 4.98. The van der Waals surface area contributed by atoms with E-state index < -0.39 is 22.0 Å². The van der Waals surface area contributed by atoms with Gasteiger partial charge in [-0.3, -0.25) is 4.79 Å². The fourth-order valence-electron chi connectivity index (χ4n) is 3.26. The van der Waals surface area contributed by atoms with Crippen LogP contribution in [0.2, 0.25) is 0 Å². The zero-order valence-electron chi connectivity index (χ0n) is 15.8. The molecule has 2 heterocycles. The lowest BCUT2D eigenvalue weighted by molar-refractivity contribution is -0.119. The number of aryl methyl sites for hydroxylation is 1. The van der Waals surface area contributed by atoms with E-state index in [1.54, 1.807) is 38.2 Å². The summed E-state index contributed by atoms with van der Waals surface area (Å²) in [6, 6.07) is 9.40.